The van der Waals surface area contributed by atoms with Gasteiger partial charge in [0.2, 0.25) is 0 Å². The maximum atomic E-state index is 9.19. The van der Waals surface area contributed by atoms with Crippen LogP contribution >= 0.6 is 0 Å². The second-order valence-electron chi connectivity index (χ2n) is 2.12. The van der Waals surface area contributed by atoms with Crippen molar-refractivity contribution >= 4 is 27.3 Å². The van der Waals surface area contributed by atoms with Gasteiger partial charge in [-0.25, -0.2) is 0 Å². The van der Waals surface area contributed by atoms with Gasteiger partial charge in [-0.1, -0.05) is 24.3 Å². The molecule has 11 heavy (non-hydrogen) atoms. The molecule has 0 amide bonds. The Balaban J connectivity index is 0.000001000. The van der Waals surface area contributed by atoms with E-state index in [4.69, 9.17) is 0 Å². The van der Waals surface area contributed by atoms with Crippen molar-refractivity contribution in [3.05, 3.63) is 42.5 Å². The molecule has 0 spiro atoms. The number of hydrogen-bond donors (Lipinski definition) is 1. The zero-order chi connectivity index (χ0) is 7.40. The molecule has 0 aliphatic heterocycles. The van der Waals surface area contributed by atoms with E-state index >= 15 is 0 Å². The summed E-state index contributed by atoms with van der Waals surface area (Å²) in [6.45, 7) is 3.59. The summed E-state index contributed by atoms with van der Waals surface area (Å²) in [6, 6.07) is 7.27. The minimum Gasteiger partial charge on any atom is -0.508 e. The van der Waals surface area contributed by atoms with Crippen LogP contribution in [0.1, 0.15) is 5.56 Å². The van der Waals surface area contributed by atoms with E-state index in [9.17, 15) is 5.11 Å². The minimum absolute atomic E-state index is 0. The standard InChI is InChI=1S/C9H10O.Pb/c1-2-5-8-6-3-4-7-9(8)10;/h2-4,6-7,10H,1,5H2;. The summed E-state index contributed by atoms with van der Waals surface area (Å²) >= 11 is 0. The molecule has 0 fully saturated rings. The summed E-state index contributed by atoms with van der Waals surface area (Å²) in [6.07, 6.45) is 2.50. The third-order valence-electron chi connectivity index (χ3n) is 1.36. The van der Waals surface area contributed by atoms with Gasteiger partial charge in [0.25, 0.3) is 0 Å². The molecule has 0 saturated carbocycles. The first-order valence-electron chi connectivity index (χ1n) is 3.22. The third-order valence-corrected chi connectivity index (χ3v) is 1.36. The molecular weight excluding hydrogens is 331 g/mol. The van der Waals surface area contributed by atoms with Gasteiger partial charge in [-0.2, -0.15) is 0 Å². The Labute approximate surface area is 86.9 Å². The van der Waals surface area contributed by atoms with Crippen LogP contribution in [0.5, 0.6) is 5.75 Å². The molecule has 0 aliphatic carbocycles. The Morgan fingerprint density at radius 2 is 2.00 bits per heavy atom. The zero-order valence-corrected chi connectivity index (χ0v) is 10.1. The number of allylic oxidation sites excluding steroid dienone is 1. The first-order valence-corrected chi connectivity index (χ1v) is 3.22. The van der Waals surface area contributed by atoms with E-state index in [0.29, 0.717) is 5.75 Å². The summed E-state index contributed by atoms with van der Waals surface area (Å²) in [4.78, 5) is 0. The van der Waals surface area contributed by atoms with Crippen LogP contribution in [0.3, 0.4) is 0 Å². The average molecular weight is 341 g/mol. The molecule has 1 aromatic rings. The maximum absolute atomic E-state index is 9.19. The fourth-order valence-corrected chi connectivity index (χ4v) is 0.839. The summed E-state index contributed by atoms with van der Waals surface area (Å²) in [7, 11) is 0. The van der Waals surface area contributed by atoms with Crippen molar-refractivity contribution in [1.29, 1.82) is 0 Å². The van der Waals surface area contributed by atoms with Crippen LogP contribution in [-0.2, 0) is 6.42 Å². The molecular formula is C9H10OPb. The molecule has 56 valence electrons. The van der Waals surface area contributed by atoms with Crippen LogP contribution in [0.4, 0.5) is 0 Å². The van der Waals surface area contributed by atoms with Gasteiger partial charge >= 0.3 is 0 Å². The quantitative estimate of drug-likeness (QED) is 0.642. The van der Waals surface area contributed by atoms with Gasteiger partial charge in [0, 0.05) is 27.3 Å². The Kier molecular flexibility index (Phi) is 5.19. The van der Waals surface area contributed by atoms with Gasteiger partial charge in [-0.05, 0) is 18.1 Å². The molecule has 0 bridgehead atoms. The number of phenols is 1. The van der Waals surface area contributed by atoms with E-state index in [-0.39, 0.29) is 27.3 Å². The molecule has 0 unspecified atom stereocenters. The number of aromatic hydroxyl groups is 1. The van der Waals surface area contributed by atoms with Gasteiger partial charge in [-0.3, -0.25) is 0 Å². The van der Waals surface area contributed by atoms with E-state index in [1.165, 1.54) is 0 Å². The fourth-order valence-electron chi connectivity index (χ4n) is 0.839. The van der Waals surface area contributed by atoms with E-state index in [1.807, 2.05) is 18.2 Å². The van der Waals surface area contributed by atoms with Gasteiger partial charge in [0.15, 0.2) is 0 Å². The summed E-state index contributed by atoms with van der Waals surface area (Å²) in [5, 5.41) is 9.19. The molecule has 1 nitrogen and oxygen atoms in total. The van der Waals surface area contributed by atoms with Crippen LogP contribution in [0.25, 0.3) is 0 Å². The van der Waals surface area contributed by atoms with Gasteiger partial charge < -0.3 is 5.11 Å². The molecule has 0 atom stereocenters. The smallest absolute Gasteiger partial charge is 0.119 e. The van der Waals surface area contributed by atoms with Gasteiger partial charge in [0.1, 0.15) is 5.75 Å². The molecule has 0 heterocycles. The average Bonchev–Trinajstić information content (AvgIpc) is 1.94. The van der Waals surface area contributed by atoms with Crippen LogP contribution in [0.15, 0.2) is 36.9 Å². The second-order valence-corrected chi connectivity index (χ2v) is 2.12. The van der Waals surface area contributed by atoms with Crippen molar-refractivity contribution in [2.45, 2.75) is 6.42 Å². The predicted octanol–water partition coefficient (Wildman–Crippen LogP) is 1.74. The monoisotopic (exact) mass is 342 g/mol. The van der Waals surface area contributed by atoms with Crippen molar-refractivity contribution in [1.82, 2.24) is 0 Å². The van der Waals surface area contributed by atoms with Crippen molar-refractivity contribution in [3.8, 4) is 5.75 Å². The first-order chi connectivity index (χ1) is 4.84. The Morgan fingerprint density at radius 3 is 2.55 bits per heavy atom. The molecule has 1 rings (SSSR count). The Bertz CT molecular complexity index is 233. The van der Waals surface area contributed by atoms with E-state index in [2.05, 4.69) is 6.58 Å². The van der Waals surface area contributed by atoms with Crippen LogP contribution < -0.4 is 0 Å². The molecule has 2 heteroatoms. The SMILES string of the molecule is C=CCc1ccccc1O.[Pb]. The van der Waals surface area contributed by atoms with Crippen LogP contribution in [0.2, 0.25) is 0 Å². The number of phenolic OH excluding ortho intramolecular Hbond substituents is 1. The zero-order valence-electron chi connectivity index (χ0n) is 6.25. The number of para-hydroxylation sites is 1. The van der Waals surface area contributed by atoms with Crippen molar-refractivity contribution in [3.63, 3.8) is 0 Å². The molecule has 0 saturated heterocycles. The molecule has 4 radical (unpaired) electrons. The topological polar surface area (TPSA) is 20.2 Å². The number of rotatable bonds is 2. The van der Waals surface area contributed by atoms with Gasteiger partial charge in [-0.15, -0.1) is 6.58 Å². The number of hydrogen-bond acceptors (Lipinski definition) is 1. The van der Waals surface area contributed by atoms with E-state index in [0.717, 1.165) is 12.0 Å². The summed E-state index contributed by atoms with van der Waals surface area (Å²) in [5.74, 6) is 0.349. The third kappa shape index (κ3) is 3.05. The Morgan fingerprint density at radius 1 is 1.36 bits per heavy atom. The molecule has 0 aliphatic rings. The van der Waals surface area contributed by atoms with Crippen molar-refractivity contribution in [2.75, 3.05) is 0 Å². The second kappa shape index (κ2) is 5.35. The molecule has 0 aromatic heterocycles. The molecule has 1 aromatic carbocycles. The van der Waals surface area contributed by atoms with E-state index < -0.39 is 0 Å². The van der Waals surface area contributed by atoms with Crippen LogP contribution in [0, 0.1) is 0 Å². The maximum Gasteiger partial charge on any atom is 0.119 e. The normalized spacial score (nSPS) is 8.36. The first kappa shape index (κ1) is 10.7. The van der Waals surface area contributed by atoms with Gasteiger partial charge in [0.05, 0.1) is 0 Å². The predicted molar refractivity (Wildman–Crippen MR) is 47.8 cm³/mol. The fraction of sp³-hybridized carbons (Fsp3) is 0.111. The van der Waals surface area contributed by atoms with Crippen molar-refractivity contribution < 1.29 is 5.11 Å². The Hall–Kier alpha value is -0.318. The largest absolute Gasteiger partial charge is 0.508 e. The number of benzene rings is 1. The van der Waals surface area contributed by atoms with E-state index in [1.54, 1.807) is 12.1 Å². The van der Waals surface area contributed by atoms with Crippen molar-refractivity contribution in [2.24, 2.45) is 0 Å². The molecule has 1 N–H and O–H groups in total. The van der Waals surface area contributed by atoms with Crippen LogP contribution in [-0.4, -0.2) is 32.4 Å². The summed E-state index contributed by atoms with van der Waals surface area (Å²) in [5.41, 5.74) is 0.928. The summed E-state index contributed by atoms with van der Waals surface area (Å²) < 4.78 is 0. The minimum atomic E-state index is 0.